The smallest absolute Gasteiger partial charge is 0.193 e. The Hall–Kier alpha value is -0.820. The van der Waals surface area contributed by atoms with Gasteiger partial charge in [0.2, 0.25) is 0 Å². The van der Waals surface area contributed by atoms with Gasteiger partial charge in [-0.3, -0.25) is 4.99 Å². The monoisotopic (exact) mass is 468 g/mol. The first-order valence-corrected chi connectivity index (χ1v) is 10.1. The van der Waals surface area contributed by atoms with E-state index in [0.717, 1.165) is 43.5 Å². The highest BCUT2D eigenvalue weighted by atomic mass is 127. The quantitative estimate of drug-likeness (QED) is 0.409. The molecule has 26 heavy (non-hydrogen) atoms. The van der Waals surface area contributed by atoms with Gasteiger partial charge in [0.05, 0.1) is 0 Å². The van der Waals surface area contributed by atoms with E-state index >= 15 is 0 Å². The van der Waals surface area contributed by atoms with Crippen molar-refractivity contribution in [3.05, 3.63) is 35.9 Å². The van der Waals surface area contributed by atoms with E-state index in [9.17, 15) is 0 Å². The van der Waals surface area contributed by atoms with Gasteiger partial charge in [-0.15, -0.1) is 24.0 Å². The highest BCUT2D eigenvalue weighted by Gasteiger charge is 2.34. The average Bonchev–Trinajstić information content (AvgIpc) is 3.21. The number of hydrogen-bond donors (Lipinski definition) is 1. The van der Waals surface area contributed by atoms with Gasteiger partial charge in [-0.25, -0.2) is 0 Å². The van der Waals surface area contributed by atoms with Gasteiger partial charge in [-0.05, 0) is 56.0 Å². The zero-order valence-corrected chi connectivity index (χ0v) is 18.3. The summed E-state index contributed by atoms with van der Waals surface area (Å²) in [6.07, 6.45) is 6.66. The van der Waals surface area contributed by atoms with E-state index in [0.29, 0.717) is 0 Å². The van der Waals surface area contributed by atoms with Crippen molar-refractivity contribution < 1.29 is 0 Å². The first kappa shape index (κ1) is 19.9. The number of guanidine groups is 1. The van der Waals surface area contributed by atoms with Crippen LogP contribution >= 0.6 is 24.0 Å². The maximum atomic E-state index is 4.56. The number of benzene rings is 1. The van der Waals surface area contributed by atoms with Crippen molar-refractivity contribution in [1.29, 1.82) is 0 Å². The van der Waals surface area contributed by atoms with Crippen molar-refractivity contribution in [3.63, 3.8) is 0 Å². The van der Waals surface area contributed by atoms with Crippen molar-refractivity contribution in [1.82, 2.24) is 15.1 Å². The van der Waals surface area contributed by atoms with Gasteiger partial charge in [0, 0.05) is 39.3 Å². The van der Waals surface area contributed by atoms with E-state index in [1.54, 1.807) is 0 Å². The summed E-state index contributed by atoms with van der Waals surface area (Å²) < 4.78 is 0. The molecule has 2 saturated heterocycles. The summed E-state index contributed by atoms with van der Waals surface area (Å²) in [5, 5.41) is 3.67. The molecule has 3 aliphatic rings. The van der Waals surface area contributed by atoms with Crippen LogP contribution in [0.3, 0.4) is 0 Å². The molecule has 0 radical (unpaired) electrons. The molecule has 4 nitrogen and oxygen atoms in total. The fraction of sp³-hybridized carbons (Fsp3) is 0.667. The largest absolute Gasteiger partial charge is 0.356 e. The van der Waals surface area contributed by atoms with Crippen molar-refractivity contribution >= 4 is 29.9 Å². The number of hydrogen-bond acceptors (Lipinski definition) is 2. The predicted molar refractivity (Wildman–Crippen MR) is 119 cm³/mol. The predicted octanol–water partition coefficient (Wildman–Crippen LogP) is 3.23. The Morgan fingerprint density at radius 1 is 1.04 bits per heavy atom. The molecule has 144 valence electrons. The number of aliphatic imine (C=N–C) groups is 1. The molecule has 5 heteroatoms. The van der Waals surface area contributed by atoms with Gasteiger partial charge in [-0.1, -0.05) is 30.3 Å². The zero-order chi connectivity index (χ0) is 17.1. The Bertz CT molecular complexity index is 587. The molecule has 2 aliphatic heterocycles. The standard InChI is InChI=1S/C21H32N4.HI/c1-22-21(23-14-19-10-11-24(16-19)20-7-8-20)25-12-9-18(15-25)13-17-5-3-2-4-6-17;/h2-6,18-20H,7-16H2,1H3,(H,22,23);1H. The molecule has 0 aromatic heterocycles. The second kappa shape index (κ2) is 9.40. The first-order chi connectivity index (χ1) is 12.3. The number of nitrogens with zero attached hydrogens (tertiary/aromatic N) is 3. The minimum atomic E-state index is 0. The van der Waals surface area contributed by atoms with E-state index < -0.39 is 0 Å². The third kappa shape index (κ3) is 5.12. The van der Waals surface area contributed by atoms with E-state index in [-0.39, 0.29) is 24.0 Å². The van der Waals surface area contributed by atoms with E-state index in [4.69, 9.17) is 0 Å². The van der Waals surface area contributed by atoms with Crippen LogP contribution in [0.15, 0.2) is 35.3 Å². The first-order valence-electron chi connectivity index (χ1n) is 10.1. The van der Waals surface area contributed by atoms with E-state index in [2.05, 4.69) is 50.4 Å². The minimum absolute atomic E-state index is 0. The van der Waals surface area contributed by atoms with Crippen LogP contribution in [0.4, 0.5) is 0 Å². The summed E-state index contributed by atoms with van der Waals surface area (Å²) in [5.41, 5.74) is 1.46. The van der Waals surface area contributed by atoms with Crippen LogP contribution in [-0.2, 0) is 6.42 Å². The van der Waals surface area contributed by atoms with Gasteiger partial charge in [0.25, 0.3) is 0 Å². The van der Waals surface area contributed by atoms with Crippen molar-refractivity contribution in [2.75, 3.05) is 39.8 Å². The lowest BCUT2D eigenvalue weighted by Crippen LogP contribution is -2.42. The summed E-state index contributed by atoms with van der Waals surface area (Å²) in [6.45, 7) is 5.93. The Morgan fingerprint density at radius 2 is 1.81 bits per heavy atom. The normalized spacial score (nSPS) is 26.8. The molecule has 1 N–H and O–H groups in total. The topological polar surface area (TPSA) is 30.9 Å². The molecule has 0 amide bonds. The summed E-state index contributed by atoms with van der Waals surface area (Å²) in [4.78, 5) is 9.71. The summed E-state index contributed by atoms with van der Waals surface area (Å²) in [7, 11) is 1.93. The molecule has 3 fully saturated rings. The molecule has 2 heterocycles. The summed E-state index contributed by atoms with van der Waals surface area (Å²) >= 11 is 0. The molecule has 1 aromatic carbocycles. The molecular formula is C21H33IN4. The fourth-order valence-electron chi connectivity index (χ4n) is 4.51. The molecule has 2 atom stereocenters. The van der Waals surface area contributed by atoms with Crippen LogP contribution in [0, 0.1) is 11.8 Å². The van der Waals surface area contributed by atoms with Crippen LogP contribution in [0.5, 0.6) is 0 Å². The average molecular weight is 468 g/mol. The molecule has 1 saturated carbocycles. The minimum Gasteiger partial charge on any atom is -0.356 e. The van der Waals surface area contributed by atoms with Gasteiger partial charge in [0.15, 0.2) is 5.96 Å². The van der Waals surface area contributed by atoms with Gasteiger partial charge in [0.1, 0.15) is 0 Å². The van der Waals surface area contributed by atoms with Crippen LogP contribution in [0.25, 0.3) is 0 Å². The Morgan fingerprint density at radius 3 is 2.54 bits per heavy atom. The lowest BCUT2D eigenvalue weighted by Gasteiger charge is -2.23. The second-order valence-corrected chi connectivity index (χ2v) is 8.10. The number of rotatable bonds is 5. The SMILES string of the molecule is CN=C(NCC1CCN(C2CC2)C1)N1CCC(Cc2ccccc2)C1.I. The Balaban J connectivity index is 0.00000196. The molecule has 1 aliphatic carbocycles. The highest BCUT2D eigenvalue weighted by molar-refractivity contribution is 14.0. The number of nitrogens with one attached hydrogen (secondary N) is 1. The molecule has 1 aromatic rings. The fourth-order valence-corrected chi connectivity index (χ4v) is 4.51. The van der Waals surface area contributed by atoms with E-state index in [1.807, 2.05) is 7.05 Å². The molecule has 0 bridgehead atoms. The van der Waals surface area contributed by atoms with E-state index in [1.165, 1.54) is 50.8 Å². The van der Waals surface area contributed by atoms with Crippen LogP contribution < -0.4 is 5.32 Å². The Kier molecular flexibility index (Phi) is 7.20. The highest BCUT2D eigenvalue weighted by Crippen LogP contribution is 2.31. The lowest BCUT2D eigenvalue weighted by molar-refractivity contribution is 0.313. The van der Waals surface area contributed by atoms with Crippen molar-refractivity contribution in [3.8, 4) is 0 Å². The van der Waals surface area contributed by atoms with Gasteiger partial charge in [-0.2, -0.15) is 0 Å². The van der Waals surface area contributed by atoms with Crippen LogP contribution in [0.2, 0.25) is 0 Å². The maximum absolute atomic E-state index is 4.56. The Labute approximate surface area is 175 Å². The maximum Gasteiger partial charge on any atom is 0.193 e. The third-order valence-electron chi connectivity index (χ3n) is 6.09. The lowest BCUT2D eigenvalue weighted by atomic mass is 9.99. The molecule has 0 spiro atoms. The number of likely N-dealkylation sites (tertiary alicyclic amines) is 2. The zero-order valence-electron chi connectivity index (χ0n) is 15.9. The summed E-state index contributed by atoms with van der Waals surface area (Å²) in [5.74, 6) is 2.65. The summed E-state index contributed by atoms with van der Waals surface area (Å²) in [6, 6.07) is 11.8. The van der Waals surface area contributed by atoms with Crippen molar-refractivity contribution in [2.24, 2.45) is 16.8 Å². The van der Waals surface area contributed by atoms with Gasteiger partial charge >= 0.3 is 0 Å². The third-order valence-corrected chi connectivity index (χ3v) is 6.09. The van der Waals surface area contributed by atoms with Crippen molar-refractivity contribution in [2.45, 2.75) is 38.1 Å². The number of halogens is 1. The molecular weight excluding hydrogens is 435 g/mol. The molecule has 4 rings (SSSR count). The second-order valence-electron chi connectivity index (χ2n) is 8.10. The molecule has 2 unspecified atom stereocenters. The van der Waals surface area contributed by atoms with Gasteiger partial charge < -0.3 is 15.1 Å². The van der Waals surface area contributed by atoms with Crippen LogP contribution in [-0.4, -0.2) is 61.6 Å². The van der Waals surface area contributed by atoms with Crippen LogP contribution in [0.1, 0.15) is 31.2 Å².